The first-order valence-electron chi connectivity index (χ1n) is 9.09. The van der Waals surface area contributed by atoms with Gasteiger partial charge in [-0.2, -0.15) is 13.2 Å². The number of hydrogen-bond donors (Lipinski definition) is 1. The number of amides is 1. The fourth-order valence-electron chi connectivity index (χ4n) is 2.48. The molecule has 1 aromatic carbocycles. The summed E-state index contributed by atoms with van der Waals surface area (Å²) in [6, 6.07) is 1.78. The van der Waals surface area contributed by atoms with Crippen LogP contribution in [0.5, 0.6) is 0 Å². The van der Waals surface area contributed by atoms with Gasteiger partial charge in [-0.25, -0.2) is 22.2 Å². The van der Waals surface area contributed by atoms with E-state index in [4.69, 9.17) is 11.6 Å². The highest BCUT2D eigenvalue weighted by Gasteiger charge is 2.35. The van der Waals surface area contributed by atoms with Crippen LogP contribution in [-0.2, 0) is 28.0 Å². The monoisotopic (exact) mass is 531 g/mol. The fourth-order valence-corrected chi connectivity index (χ4v) is 4.43. The van der Waals surface area contributed by atoms with Gasteiger partial charge in [-0.3, -0.25) is 18.9 Å². The number of rotatable bonds is 6. The van der Waals surface area contributed by atoms with Crippen LogP contribution in [0.25, 0.3) is 5.69 Å². The molecule has 2 aromatic rings. The third-order valence-electron chi connectivity index (χ3n) is 4.39. The van der Waals surface area contributed by atoms with Gasteiger partial charge in [0.05, 0.1) is 21.2 Å². The van der Waals surface area contributed by atoms with Gasteiger partial charge in [0.15, 0.2) is 0 Å². The summed E-state index contributed by atoms with van der Waals surface area (Å²) < 4.78 is 79.7. The second kappa shape index (κ2) is 9.50. The molecule has 0 radical (unpaired) electrons. The summed E-state index contributed by atoms with van der Waals surface area (Å²) in [4.78, 5) is 36.9. The van der Waals surface area contributed by atoms with Crippen molar-refractivity contribution in [2.75, 3.05) is 0 Å². The highest BCUT2D eigenvalue weighted by atomic mass is 35.5. The third kappa shape index (κ3) is 5.79. The van der Waals surface area contributed by atoms with Crippen molar-refractivity contribution in [1.29, 1.82) is 0 Å². The van der Waals surface area contributed by atoms with Crippen LogP contribution >= 0.6 is 23.4 Å². The second-order valence-corrected chi connectivity index (χ2v) is 11.1. The molecule has 0 aliphatic rings. The van der Waals surface area contributed by atoms with Gasteiger partial charge < -0.3 is 0 Å². The summed E-state index contributed by atoms with van der Waals surface area (Å²) >= 11 is 6.68. The van der Waals surface area contributed by atoms with Gasteiger partial charge in [0.1, 0.15) is 11.5 Å². The van der Waals surface area contributed by atoms with Crippen LogP contribution in [0, 0.1) is 5.82 Å². The third-order valence-corrected chi connectivity index (χ3v) is 7.70. The van der Waals surface area contributed by atoms with E-state index in [2.05, 4.69) is 0 Å². The summed E-state index contributed by atoms with van der Waals surface area (Å²) in [5, 5.41) is -2.19. The normalized spacial score (nSPS) is 13.3. The molecule has 1 atom stereocenters. The van der Waals surface area contributed by atoms with Gasteiger partial charge >= 0.3 is 11.9 Å². The Labute approximate surface area is 194 Å². The number of hydrogen-bond acceptors (Lipinski definition) is 6. The number of sulfonamides is 1. The van der Waals surface area contributed by atoms with Crippen molar-refractivity contribution in [3.05, 3.63) is 55.6 Å². The molecule has 1 heterocycles. The number of nitrogens with zero attached hydrogens (tertiary/aromatic N) is 2. The van der Waals surface area contributed by atoms with Crippen molar-refractivity contribution < 1.29 is 30.8 Å². The van der Waals surface area contributed by atoms with Gasteiger partial charge in [0.25, 0.3) is 5.56 Å². The Bertz CT molecular complexity index is 1320. The average molecular weight is 532 g/mol. The SMILES string of the molecule is CC(Sc1cc(-n2c(=O)cc(C(F)(F)F)n(C)c2=O)c(F)cc1Cl)C(=O)NS(=O)(=O)C(C)C. The minimum Gasteiger partial charge on any atom is -0.292 e. The zero-order chi connectivity index (χ0) is 25.5. The van der Waals surface area contributed by atoms with Crippen molar-refractivity contribution in [3.8, 4) is 5.69 Å². The smallest absolute Gasteiger partial charge is 0.292 e. The number of carbonyl (C=O) groups excluding carboxylic acids is 1. The van der Waals surface area contributed by atoms with Gasteiger partial charge in [0.2, 0.25) is 15.9 Å². The molecular formula is C18H18ClF4N3O5S2. The Balaban J connectivity index is 2.53. The van der Waals surface area contributed by atoms with Gasteiger partial charge in [-0.05, 0) is 32.9 Å². The van der Waals surface area contributed by atoms with Crippen LogP contribution in [0.4, 0.5) is 17.6 Å². The maximum Gasteiger partial charge on any atom is 0.431 e. The van der Waals surface area contributed by atoms with Crippen LogP contribution < -0.4 is 16.0 Å². The molecule has 0 saturated carbocycles. The minimum atomic E-state index is -5.00. The topological polar surface area (TPSA) is 107 Å². The van der Waals surface area contributed by atoms with Gasteiger partial charge in [-0.15, -0.1) is 11.8 Å². The van der Waals surface area contributed by atoms with E-state index in [1.54, 1.807) is 0 Å². The standard InChI is InChI=1S/C18H18ClF4N3O5S2/c1-8(2)33(30,31)24-16(28)9(3)32-13-6-12(11(20)5-10(13)19)26-15(27)7-14(18(21,22)23)25(4)17(26)29/h5-9H,1-4H3,(H,24,28). The van der Waals surface area contributed by atoms with E-state index in [0.29, 0.717) is 11.8 Å². The number of carbonyl (C=O) groups is 1. The van der Waals surface area contributed by atoms with E-state index in [9.17, 15) is 40.4 Å². The second-order valence-electron chi connectivity index (χ2n) is 7.10. The van der Waals surface area contributed by atoms with Crippen molar-refractivity contribution in [2.24, 2.45) is 7.05 Å². The Hall–Kier alpha value is -2.32. The van der Waals surface area contributed by atoms with E-state index < -0.39 is 61.1 Å². The Kier molecular flexibility index (Phi) is 7.76. The number of benzene rings is 1. The Morgan fingerprint density at radius 3 is 2.24 bits per heavy atom. The predicted octanol–water partition coefficient (Wildman–Crippen LogP) is 2.68. The summed E-state index contributed by atoms with van der Waals surface area (Å²) in [6.45, 7) is 4.05. The number of alkyl halides is 3. The lowest BCUT2D eigenvalue weighted by Gasteiger charge is -2.17. The van der Waals surface area contributed by atoms with Crippen molar-refractivity contribution >= 4 is 39.3 Å². The van der Waals surface area contributed by atoms with Crippen LogP contribution in [0.15, 0.2) is 32.7 Å². The van der Waals surface area contributed by atoms with E-state index in [0.717, 1.165) is 19.2 Å². The summed E-state index contributed by atoms with van der Waals surface area (Å²) in [7, 11) is -3.15. The maximum absolute atomic E-state index is 14.6. The highest BCUT2D eigenvalue weighted by Crippen LogP contribution is 2.34. The Morgan fingerprint density at radius 2 is 1.73 bits per heavy atom. The number of thioether (sulfide) groups is 1. The van der Waals surface area contributed by atoms with Gasteiger partial charge in [0, 0.05) is 18.0 Å². The van der Waals surface area contributed by atoms with Gasteiger partial charge in [-0.1, -0.05) is 11.6 Å². The lowest BCUT2D eigenvalue weighted by atomic mass is 10.3. The lowest BCUT2D eigenvalue weighted by Crippen LogP contribution is -2.41. The van der Waals surface area contributed by atoms with Crippen LogP contribution in [0.3, 0.4) is 0 Å². The molecule has 1 aromatic heterocycles. The molecule has 33 heavy (non-hydrogen) atoms. The zero-order valence-electron chi connectivity index (χ0n) is 17.5. The molecule has 15 heteroatoms. The fraction of sp³-hybridized carbons (Fsp3) is 0.389. The first-order chi connectivity index (χ1) is 15.0. The Morgan fingerprint density at radius 1 is 1.15 bits per heavy atom. The molecule has 0 saturated heterocycles. The number of aromatic nitrogens is 2. The van der Waals surface area contributed by atoms with Crippen LogP contribution in [-0.4, -0.2) is 34.0 Å². The van der Waals surface area contributed by atoms with Crippen molar-refractivity contribution in [2.45, 2.75) is 42.3 Å². The van der Waals surface area contributed by atoms with Crippen LogP contribution in [0.1, 0.15) is 26.5 Å². The van der Waals surface area contributed by atoms with E-state index in [1.165, 1.54) is 20.8 Å². The first-order valence-corrected chi connectivity index (χ1v) is 11.9. The molecule has 0 aliphatic heterocycles. The van der Waals surface area contributed by atoms with Crippen molar-refractivity contribution in [1.82, 2.24) is 13.9 Å². The minimum absolute atomic E-state index is 0.0217. The van der Waals surface area contributed by atoms with E-state index in [-0.39, 0.29) is 25.1 Å². The predicted molar refractivity (Wildman–Crippen MR) is 115 cm³/mol. The number of nitrogens with one attached hydrogen (secondary N) is 1. The molecule has 0 bridgehead atoms. The van der Waals surface area contributed by atoms with E-state index >= 15 is 0 Å². The molecule has 1 amide bonds. The largest absolute Gasteiger partial charge is 0.431 e. The average Bonchev–Trinajstić information content (AvgIpc) is 2.66. The molecule has 2 rings (SSSR count). The van der Waals surface area contributed by atoms with Crippen molar-refractivity contribution in [3.63, 3.8) is 0 Å². The molecule has 0 spiro atoms. The first kappa shape index (κ1) is 26.9. The number of halogens is 5. The van der Waals surface area contributed by atoms with Crippen LogP contribution in [0.2, 0.25) is 5.02 Å². The summed E-state index contributed by atoms with van der Waals surface area (Å²) in [5.41, 5.74) is -5.10. The zero-order valence-corrected chi connectivity index (χ0v) is 19.9. The quantitative estimate of drug-likeness (QED) is 0.454. The molecule has 0 aliphatic carbocycles. The molecule has 8 nitrogen and oxygen atoms in total. The summed E-state index contributed by atoms with van der Waals surface area (Å²) in [6.07, 6.45) is -5.00. The molecule has 1 N–H and O–H groups in total. The summed E-state index contributed by atoms with van der Waals surface area (Å²) in [5.74, 6) is -2.08. The maximum atomic E-state index is 14.6. The molecule has 1 unspecified atom stereocenters. The lowest BCUT2D eigenvalue weighted by molar-refractivity contribution is -0.144. The highest BCUT2D eigenvalue weighted by molar-refractivity contribution is 8.01. The molecule has 182 valence electrons. The van der Waals surface area contributed by atoms with E-state index in [1.807, 2.05) is 4.72 Å². The molecule has 0 fully saturated rings. The molecular weight excluding hydrogens is 514 g/mol.